The maximum absolute atomic E-state index is 10.4. The Morgan fingerprint density at radius 2 is 1.53 bits per heavy atom. The second kappa shape index (κ2) is 7.27. The van der Waals surface area contributed by atoms with Crippen LogP contribution >= 0.6 is 0 Å². The summed E-state index contributed by atoms with van der Waals surface area (Å²) in [6.07, 6.45) is -1.24. The van der Waals surface area contributed by atoms with Crippen molar-refractivity contribution >= 4 is 5.90 Å². The molecular formula is C24H20N4O4. The smallest absolute Gasteiger partial charge is 0.244 e. The number of nitrogens with zero attached hydrogens (tertiary/aromatic N) is 3. The zero-order valence-electron chi connectivity index (χ0n) is 17.7. The lowest BCUT2D eigenvalue weighted by atomic mass is 9.53. The van der Waals surface area contributed by atoms with Crippen LogP contribution in [0.4, 0.5) is 0 Å². The predicted octanol–water partition coefficient (Wildman–Crippen LogP) is 3.82. The number of rotatable bonds is 4. The Labute approximate surface area is 185 Å². The Kier molecular flexibility index (Phi) is 4.81. The molecule has 4 atom stereocenters. The highest BCUT2D eigenvalue weighted by Crippen LogP contribution is 2.69. The van der Waals surface area contributed by atoms with E-state index in [0.29, 0.717) is 22.6 Å². The van der Waals surface area contributed by atoms with Crippen LogP contribution in [0.15, 0.2) is 48.5 Å². The van der Waals surface area contributed by atoms with Gasteiger partial charge in [0.1, 0.15) is 17.6 Å². The predicted molar refractivity (Wildman–Crippen MR) is 111 cm³/mol. The molecule has 4 unspecified atom stereocenters. The zero-order chi connectivity index (χ0) is 23.1. The Morgan fingerprint density at radius 3 is 2.03 bits per heavy atom. The van der Waals surface area contributed by atoms with Gasteiger partial charge in [0, 0.05) is 11.6 Å². The van der Waals surface area contributed by atoms with Gasteiger partial charge in [-0.3, -0.25) is 5.41 Å². The van der Waals surface area contributed by atoms with Crippen molar-refractivity contribution in [3.05, 3.63) is 59.7 Å². The summed E-state index contributed by atoms with van der Waals surface area (Å²) in [6, 6.07) is 20.0. The molecule has 0 radical (unpaired) electrons. The quantitative estimate of drug-likeness (QED) is 0.783. The number of methoxy groups -OCH3 is 2. The Hall–Kier alpha value is -4.06. The van der Waals surface area contributed by atoms with E-state index in [1.54, 1.807) is 49.4 Å². The van der Waals surface area contributed by atoms with Crippen LogP contribution in [-0.2, 0) is 15.3 Å². The van der Waals surface area contributed by atoms with E-state index >= 15 is 0 Å². The first-order valence-corrected chi connectivity index (χ1v) is 9.87. The molecule has 2 saturated heterocycles. The molecule has 0 spiro atoms. The highest BCUT2D eigenvalue weighted by atomic mass is 16.7. The summed E-state index contributed by atoms with van der Waals surface area (Å²) in [7, 11) is 2.96. The van der Waals surface area contributed by atoms with Crippen LogP contribution in [0.2, 0.25) is 0 Å². The van der Waals surface area contributed by atoms with Gasteiger partial charge < -0.3 is 18.9 Å². The number of ether oxygens (including phenoxy) is 4. The van der Waals surface area contributed by atoms with Crippen molar-refractivity contribution in [3.63, 3.8) is 0 Å². The highest BCUT2D eigenvalue weighted by Gasteiger charge is 2.79. The van der Waals surface area contributed by atoms with Crippen molar-refractivity contribution in [2.24, 2.45) is 16.7 Å². The first kappa shape index (κ1) is 21.2. The van der Waals surface area contributed by atoms with Gasteiger partial charge in [-0.15, -0.1) is 0 Å². The topological polar surface area (TPSA) is 132 Å². The molecule has 2 aliphatic heterocycles. The lowest BCUT2D eigenvalue weighted by Crippen LogP contribution is -2.57. The molecule has 1 N–H and O–H groups in total. The molecule has 32 heavy (non-hydrogen) atoms. The van der Waals surface area contributed by atoms with Gasteiger partial charge in [0.2, 0.25) is 17.1 Å². The van der Waals surface area contributed by atoms with E-state index in [1.165, 1.54) is 14.2 Å². The van der Waals surface area contributed by atoms with E-state index in [9.17, 15) is 15.8 Å². The summed E-state index contributed by atoms with van der Waals surface area (Å²) in [5, 5.41) is 39.6. The van der Waals surface area contributed by atoms with E-state index < -0.39 is 34.5 Å². The van der Waals surface area contributed by atoms with Crippen LogP contribution in [0.3, 0.4) is 0 Å². The Morgan fingerprint density at radius 1 is 0.938 bits per heavy atom. The summed E-state index contributed by atoms with van der Waals surface area (Å²) in [4.78, 5) is 0. The standard InChI is InChI=1S/C24H20N4O4/c1-15-23(14-27)21(28)32-24(15,17-7-5-4-6-8-17)31-20(22(23,12-25)13-26)16-9-18(29-2)11-19(10-16)30-3/h4-11,15,20,28H,1-3H3. The summed E-state index contributed by atoms with van der Waals surface area (Å²) in [6.45, 7) is 1.67. The van der Waals surface area contributed by atoms with Crippen LogP contribution in [-0.4, -0.2) is 20.1 Å². The van der Waals surface area contributed by atoms with E-state index in [1.807, 2.05) is 18.2 Å². The van der Waals surface area contributed by atoms with Crippen molar-refractivity contribution in [3.8, 4) is 29.7 Å². The molecule has 0 aromatic heterocycles. The number of nitriles is 3. The average molecular weight is 428 g/mol. The number of benzene rings is 2. The second-order valence-corrected chi connectivity index (χ2v) is 7.78. The van der Waals surface area contributed by atoms with Crippen molar-refractivity contribution in [1.82, 2.24) is 0 Å². The first-order valence-electron chi connectivity index (χ1n) is 9.87. The molecule has 2 aliphatic rings. The first-order chi connectivity index (χ1) is 15.4. The molecule has 2 aromatic carbocycles. The third-order valence-electron chi connectivity index (χ3n) is 6.52. The van der Waals surface area contributed by atoms with Crippen molar-refractivity contribution in [2.45, 2.75) is 18.8 Å². The van der Waals surface area contributed by atoms with Gasteiger partial charge >= 0.3 is 0 Å². The third-order valence-corrected chi connectivity index (χ3v) is 6.52. The van der Waals surface area contributed by atoms with Crippen LogP contribution in [0, 0.1) is 56.2 Å². The fourth-order valence-corrected chi connectivity index (χ4v) is 4.82. The zero-order valence-corrected chi connectivity index (χ0v) is 17.7. The van der Waals surface area contributed by atoms with Crippen molar-refractivity contribution in [2.75, 3.05) is 14.2 Å². The summed E-state index contributed by atoms with van der Waals surface area (Å²) < 4.78 is 23.1. The van der Waals surface area contributed by atoms with E-state index in [0.717, 1.165) is 0 Å². The summed E-state index contributed by atoms with van der Waals surface area (Å²) in [5.74, 6) is -1.97. The van der Waals surface area contributed by atoms with Gasteiger partial charge in [0.05, 0.1) is 38.3 Å². The van der Waals surface area contributed by atoms with Gasteiger partial charge in [0.15, 0.2) is 5.41 Å². The molecule has 0 aliphatic carbocycles. The van der Waals surface area contributed by atoms with Crippen LogP contribution in [0.25, 0.3) is 0 Å². The van der Waals surface area contributed by atoms with E-state index in [4.69, 9.17) is 24.4 Å². The molecule has 2 fully saturated rings. The minimum absolute atomic E-state index is 0.398. The molecule has 0 saturated carbocycles. The maximum Gasteiger partial charge on any atom is 0.244 e. The van der Waals surface area contributed by atoms with Gasteiger partial charge in [-0.25, -0.2) is 0 Å². The normalized spacial score (nSPS) is 29.7. The molecular weight excluding hydrogens is 408 g/mol. The van der Waals surface area contributed by atoms with E-state index in [2.05, 4.69) is 6.07 Å². The lowest BCUT2D eigenvalue weighted by molar-refractivity contribution is -0.288. The molecule has 8 nitrogen and oxygen atoms in total. The van der Waals surface area contributed by atoms with Gasteiger partial charge in [-0.2, -0.15) is 15.8 Å². The molecule has 0 amide bonds. The second-order valence-electron chi connectivity index (χ2n) is 7.78. The minimum Gasteiger partial charge on any atom is -0.497 e. The summed E-state index contributed by atoms with van der Waals surface area (Å²) >= 11 is 0. The number of fused-ring (bicyclic) bond motifs is 2. The largest absolute Gasteiger partial charge is 0.497 e. The van der Waals surface area contributed by atoms with Crippen molar-refractivity contribution < 1.29 is 18.9 Å². The minimum atomic E-state index is -2.07. The Balaban J connectivity index is 2.05. The highest BCUT2D eigenvalue weighted by molar-refractivity contribution is 5.89. The molecule has 4 rings (SSSR count). The molecule has 2 heterocycles. The number of hydrogen-bond donors (Lipinski definition) is 1. The van der Waals surface area contributed by atoms with Gasteiger partial charge in [-0.05, 0) is 17.7 Å². The molecule has 2 bridgehead atoms. The van der Waals surface area contributed by atoms with Crippen LogP contribution in [0.1, 0.15) is 24.2 Å². The van der Waals surface area contributed by atoms with Crippen LogP contribution < -0.4 is 9.47 Å². The maximum atomic E-state index is 10.4. The fourth-order valence-electron chi connectivity index (χ4n) is 4.82. The lowest BCUT2D eigenvalue weighted by Gasteiger charge is -2.48. The SMILES string of the molecule is COc1cc(OC)cc(C2OC3(c4ccccc4)OC(=N)C(C#N)(C3C)C2(C#N)C#N)c1. The Bertz CT molecular complexity index is 1170. The number of nitrogens with one attached hydrogen (secondary N) is 1. The van der Waals surface area contributed by atoms with Crippen molar-refractivity contribution in [1.29, 1.82) is 21.2 Å². The number of hydrogen-bond acceptors (Lipinski definition) is 8. The van der Waals surface area contributed by atoms with E-state index in [-0.39, 0.29) is 0 Å². The molecule has 160 valence electrons. The monoisotopic (exact) mass is 428 g/mol. The van der Waals surface area contributed by atoms with Crippen LogP contribution in [0.5, 0.6) is 11.5 Å². The molecule has 8 heteroatoms. The van der Waals surface area contributed by atoms with Gasteiger partial charge in [-0.1, -0.05) is 37.3 Å². The molecule has 2 aromatic rings. The van der Waals surface area contributed by atoms with Gasteiger partial charge in [0.25, 0.3) is 0 Å². The summed E-state index contributed by atoms with van der Waals surface area (Å²) in [5.41, 5.74) is -2.95. The average Bonchev–Trinajstić information content (AvgIpc) is 3.00. The third kappa shape index (κ3) is 2.40. The fraction of sp³-hybridized carbons (Fsp3) is 0.333.